The topological polar surface area (TPSA) is 48.4 Å². The van der Waals surface area contributed by atoms with E-state index in [2.05, 4.69) is 28.2 Å². The van der Waals surface area contributed by atoms with Gasteiger partial charge in [-0.3, -0.25) is 4.98 Å². The average Bonchev–Trinajstić information content (AvgIpc) is 2.40. The molecule has 0 aromatic carbocycles. The van der Waals surface area contributed by atoms with Crippen LogP contribution in [0.15, 0.2) is 18.5 Å². The van der Waals surface area contributed by atoms with Crippen molar-refractivity contribution < 1.29 is 5.11 Å². The van der Waals surface area contributed by atoms with Gasteiger partial charge in [0.15, 0.2) is 0 Å². The molecule has 17 heavy (non-hydrogen) atoms. The number of nitrogens with one attached hydrogen (secondary N) is 1. The third kappa shape index (κ3) is 3.09. The maximum atomic E-state index is 9.12. The minimum atomic E-state index is 0.323. The Morgan fingerprint density at radius 2 is 2.18 bits per heavy atom. The first-order valence-corrected chi connectivity index (χ1v) is 6.38. The molecule has 0 radical (unpaired) electrons. The number of hydrogen-bond acceptors (Lipinski definition) is 4. The van der Waals surface area contributed by atoms with Gasteiger partial charge in [0, 0.05) is 26.2 Å². The maximum absolute atomic E-state index is 9.12. The molecule has 2 rings (SSSR count). The van der Waals surface area contributed by atoms with E-state index in [4.69, 9.17) is 5.11 Å². The van der Waals surface area contributed by atoms with Gasteiger partial charge < -0.3 is 15.3 Å². The molecule has 4 heteroatoms. The van der Waals surface area contributed by atoms with Crippen molar-refractivity contribution in [2.45, 2.75) is 19.8 Å². The van der Waals surface area contributed by atoms with Crippen molar-refractivity contribution in [3.8, 4) is 0 Å². The number of anilines is 2. The lowest BCUT2D eigenvalue weighted by Gasteiger charge is -2.32. The highest BCUT2D eigenvalue weighted by Crippen LogP contribution is 2.24. The summed E-state index contributed by atoms with van der Waals surface area (Å²) in [6.07, 6.45) is 5.91. The van der Waals surface area contributed by atoms with Gasteiger partial charge in [-0.2, -0.15) is 0 Å². The number of rotatable bonds is 4. The number of nitrogens with zero attached hydrogens (tertiary/aromatic N) is 2. The summed E-state index contributed by atoms with van der Waals surface area (Å²) in [4.78, 5) is 6.61. The SMILES string of the molecule is CCNc1cncc(N2CCC(CO)CC2)c1. The van der Waals surface area contributed by atoms with Crippen LogP contribution in [-0.2, 0) is 0 Å². The van der Waals surface area contributed by atoms with Crippen LogP contribution in [0.1, 0.15) is 19.8 Å². The van der Waals surface area contributed by atoms with Crippen LogP contribution in [0.3, 0.4) is 0 Å². The van der Waals surface area contributed by atoms with Gasteiger partial charge in [0.25, 0.3) is 0 Å². The quantitative estimate of drug-likeness (QED) is 0.834. The number of aliphatic hydroxyl groups excluding tert-OH is 1. The number of piperidine rings is 1. The van der Waals surface area contributed by atoms with Gasteiger partial charge in [0.1, 0.15) is 0 Å². The standard InChI is InChI=1S/C13H21N3O/c1-2-15-12-7-13(9-14-8-12)16-5-3-11(10-17)4-6-16/h7-9,11,15,17H,2-6,10H2,1H3. The van der Waals surface area contributed by atoms with Crippen LogP contribution in [0.4, 0.5) is 11.4 Å². The van der Waals surface area contributed by atoms with Crippen molar-refractivity contribution >= 4 is 11.4 Å². The molecule has 1 fully saturated rings. The minimum absolute atomic E-state index is 0.323. The zero-order chi connectivity index (χ0) is 12.1. The first kappa shape index (κ1) is 12.2. The second-order valence-corrected chi connectivity index (χ2v) is 4.58. The van der Waals surface area contributed by atoms with E-state index in [1.165, 1.54) is 5.69 Å². The van der Waals surface area contributed by atoms with E-state index < -0.39 is 0 Å². The minimum Gasteiger partial charge on any atom is -0.396 e. The summed E-state index contributed by atoms with van der Waals surface area (Å²) in [5.74, 6) is 0.483. The van der Waals surface area contributed by atoms with Gasteiger partial charge in [0.05, 0.1) is 23.8 Å². The van der Waals surface area contributed by atoms with E-state index in [1.807, 2.05) is 12.4 Å². The first-order valence-electron chi connectivity index (χ1n) is 6.38. The van der Waals surface area contributed by atoms with Gasteiger partial charge in [-0.05, 0) is 31.7 Å². The fraction of sp³-hybridized carbons (Fsp3) is 0.615. The summed E-state index contributed by atoms with van der Waals surface area (Å²) in [5, 5.41) is 12.4. The van der Waals surface area contributed by atoms with Gasteiger partial charge in [-0.1, -0.05) is 0 Å². The highest BCUT2D eigenvalue weighted by atomic mass is 16.3. The van der Waals surface area contributed by atoms with Crippen LogP contribution < -0.4 is 10.2 Å². The number of aliphatic hydroxyl groups is 1. The van der Waals surface area contributed by atoms with Crippen molar-refractivity contribution in [2.24, 2.45) is 5.92 Å². The lowest BCUT2D eigenvalue weighted by molar-refractivity contribution is 0.203. The fourth-order valence-electron chi connectivity index (χ4n) is 2.28. The van der Waals surface area contributed by atoms with Crippen LogP contribution in [0.5, 0.6) is 0 Å². The summed E-state index contributed by atoms with van der Waals surface area (Å²) in [7, 11) is 0. The highest BCUT2D eigenvalue weighted by Gasteiger charge is 2.18. The molecule has 1 aromatic heterocycles. The Hall–Kier alpha value is -1.29. The summed E-state index contributed by atoms with van der Waals surface area (Å²) in [5.41, 5.74) is 2.26. The van der Waals surface area contributed by atoms with Crippen LogP contribution in [0, 0.1) is 5.92 Å². The van der Waals surface area contributed by atoms with Gasteiger partial charge in [-0.25, -0.2) is 0 Å². The first-order chi connectivity index (χ1) is 8.33. The molecule has 0 unspecified atom stereocenters. The Morgan fingerprint density at radius 3 is 2.82 bits per heavy atom. The highest BCUT2D eigenvalue weighted by molar-refractivity contribution is 5.55. The number of aromatic nitrogens is 1. The molecule has 1 aromatic rings. The molecule has 0 atom stereocenters. The smallest absolute Gasteiger partial charge is 0.0573 e. The zero-order valence-electron chi connectivity index (χ0n) is 10.4. The monoisotopic (exact) mass is 235 g/mol. The molecule has 1 saturated heterocycles. The molecule has 4 nitrogen and oxygen atoms in total. The van der Waals surface area contributed by atoms with E-state index in [0.717, 1.165) is 38.2 Å². The van der Waals surface area contributed by atoms with Crippen molar-refractivity contribution in [1.29, 1.82) is 0 Å². The molecule has 0 bridgehead atoms. The maximum Gasteiger partial charge on any atom is 0.0573 e. The Labute approximate surface area is 103 Å². The Morgan fingerprint density at radius 1 is 1.41 bits per heavy atom. The summed E-state index contributed by atoms with van der Waals surface area (Å²) in [6, 6.07) is 2.15. The summed E-state index contributed by atoms with van der Waals surface area (Å²) < 4.78 is 0. The molecule has 1 aliphatic rings. The largest absolute Gasteiger partial charge is 0.396 e. The molecule has 0 aliphatic carbocycles. The van der Waals surface area contributed by atoms with Crippen LogP contribution in [0.25, 0.3) is 0 Å². The van der Waals surface area contributed by atoms with Crippen molar-refractivity contribution in [2.75, 3.05) is 36.5 Å². The molecular formula is C13H21N3O. The second-order valence-electron chi connectivity index (χ2n) is 4.58. The predicted molar refractivity (Wildman–Crippen MR) is 70.4 cm³/mol. The zero-order valence-corrected chi connectivity index (χ0v) is 10.4. The third-order valence-electron chi connectivity index (χ3n) is 3.34. The molecular weight excluding hydrogens is 214 g/mol. The predicted octanol–water partition coefficient (Wildman–Crippen LogP) is 1.72. The summed E-state index contributed by atoms with van der Waals surface area (Å²) >= 11 is 0. The Kier molecular flexibility index (Phi) is 4.20. The third-order valence-corrected chi connectivity index (χ3v) is 3.34. The van der Waals surface area contributed by atoms with Crippen LogP contribution in [0.2, 0.25) is 0 Å². The van der Waals surface area contributed by atoms with E-state index in [1.54, 1.807) is 0 Å². The Balaban J connectivity index is 2.00. The van der Waals surface area contributed by atoms with E-state index in [-0.39, 0.29) is 0 Å². The molecule has 2 heterocycles. The summed E-state index contributed by atoms with van der Waals surface area (Å²) in [6.45, 7) is 5.35. The molecule has 0 spiro atoms. The number of pyridine rings is 1. The van der Waals surface area contributed by atoms with Gasteiger partial charge in [0.2, 0.25) is 0 Å². The molecule has 0 saturated carbocycles. The lowest BCUT2D eigenvalue weighted by Crippen LogP contribution is -2.34. The van der Waals surface area contributed by atoms with Gasteiger partial charge in [-0.15, -0.1) is 0 Å². The molecule has 94 valence electrons. The number of hydrogen-bond donors (Lipinski definition) is 2. The Bertz CT molecular complexity index is 348. The molecule has 1 aliphatic heterocycles. The average molecular weight is 235 g/mol. The molecule has 2 N–H and O–H groups in total. The van der Waals surface area contributed by atoms with Crippen molar-refractivity contribution in [1.82, 2.24) is 4.98 Å². The van der Waals surface area contributed by atoms with Crippen LogP contribution >= 0.6 is 0 Å². The van der Waals surface area contributed by atoms with Crippen molar-refractivity contribution in [3.05, 3.63) is 18.5 Å². The fourth-order valence-corrected chi connectivity index (χ4v) is 2.28. The van der Waals surface area contributed by atoms with Crippen LogP contribution in [-0.4, -0.2) is 36.3 Å². The normalized spacial score (nSPS) is 17.2. The van der Waals surface area contributed by atoms with E-state index in [9.17, 15) is 0 Å². The lowest BCUT2D eigenvalue weighted by atomic mass is 9.97. The molecule has 0 amide bonds. The van der Waals surface area contributed by atoms with E-state index in [0.29, 0.717) is 12.5 Å². The van der Waals surface area contributed by atoms with E-state index >= 15 is 0 Å². The van der Waals surface area contributed by atoms with Crippen molar-refractivity contribution in [3.63, 3.8) is 0 Å². The second kappa shape index (κ2) is 5.87. The van der Waals surface area contributed by atoms with Gasteiger partial charge >= 0.3 is 0 Å².